The summed E-state index contributed by atoms with van der Waals surface area (Å²) in [5.41, 5.74) is 1.03. The summed E-state index contributed by atoms with van der Waals surface area (Å²) in [5, 5.41) is 23.8. The normalized spacial score (nSPS) is 10.2. The van der Waals surface area contributed by atoms with E-state index in [1.165, 1.54) is 12.1 Å². The van der Waals surface area contributed by atoms with Crippen molar-refractivity contribution in [3.05, 3.63) is 56.3 Å². The fraction of sp³-hybridized carbons (Fsp3) is 0.154. The lowest BCUT2D eigenvalue weighted by Gasteiger charge is -2.19. The average molecular weight is 292 g/mol. The van der Waals surface area contributed by atoms with Crippen molar-refractivity contribution in [2.45, 2.75) is 6.54 Å². The second kappa shape index (κ2) is 5.70. The molecule has 0 aliphatic heterocycles. The molecule has 0 saturated carbocycles. The molecule has 0 atom stereocenters. The van der Waals surface area contributed by atoms with Crippen LogP contribution in [-0.2, 0) is 6.54 Å². The third-order valence-electron chi connectivity index (χ3n) is 2.85. The van der Waals surface area contributed by atoms with Crippen LogP contribution in [0, 0.1) is 10.1 Å². The molecule has 0 saturated heterocycles. The quantitative estimate of drug-likeness (QED) is 0.676. The number of aromatic carboxylic acids is 1. The van der Waals surface area contributed by atoms with Crippen LogP contribution in [0.2, 0.25) is 0 Å². The van der Waals surface area contributed by atoms with Gasteiger partial charge in [0.2, 0.25) is 0 Å². The maximum absolute atomic E-state index is 11.1. The summed E-state index contributed by atoms with van der Waals surface area (Å²) in [6.45, 7) is 0.611. The molecule has 6 nitrogen and oxygen atoms in total. The van der Waals surface area contributed by atoms with Gasteiger partial charge in [-0.2, -0.15) is 11.3 Å². The Morgan fingerprint density at radius 2 is 2.20 bits per heavy atom. The molecule has 0 spiro atoms. The maximum Gasteiger partial charge on any atom is 0.342 e. The number of nitro benzene ring substituents is 1. The lowest BCUT2D eigenvalue weighted by atomic mass is 10.1. The number of hydrogen-bond donors (Lipinski definition) is 1. The van der Waals surface area contributed by atoms with Gasteiger partial charge in [0.25, 0.3) is 5.69 Å². The first-order valence-electron chi connectivity index (χ1n) is 5.73. The van der Waals surface area contributed by atoms with Gasteiger partial charge < -0.3 is 10.0 Å². The molecule has 104 valence electrons. The van der Waals surface area contributed by atoms with Gasteiger partial charge in [0.05, 0.1) is 4.92 Å². The van der Waals surface area contributed by atoms with Gasteiger partial charge in [-0.05, 0) is 34.5 Å². The number of benzene rings is 1. The molecule has 0 amide bonds. The molecule has 0 aliphatic carbocycles. The Morgan fingerprint density at radius 1 is 1.45 bits per heavy atom. The highest BCUT2D eigenvalue weighted by molar-refractivity contribution is 7.07. The van der Waals surface area contributed by atoms with Gasteiger partial charge >= 0.3 is 5.97 Å². The van der Waals surface area contributed by atoms with Crippen LogP contribution in [-0.4, -0.2) is 23.0 Å². The molecular formula is C13H12N2O4S. The van der Waals surface area contributed by atoms with E-state index in [9.17, 15) is 14.9 Å². The predicted octanol–water partition coefficient (Wildman–Crippen LogP) is 2.99. The highest BCUT2D eigenvalue weighted by Crippen LogP contribution is 2.25. The predicted molar refractivity (Wildman–Crippen MR) is 76.5 cm³/mol. The first-order valence-corrected chi connectivity index (χ1v) is 6.67. The second-order valence-corrected chi connectivity index (χ2v) is 5.03. The van der Waals surface area contributed by atoms with E-state index >= 15 is 0 Å². The standard InChI is InChI=1S/C13H12N2O4S/c1-14(7-9-4-5-20-8-9)10-2-3-12(15(18)19)11(6-10)13(16)17/h2-6,8H,7H2,1H3,(H,16,17). The number of nitrogens with zero attached hydrogens (tertiary/aromatic N) is 2. The smallest absolute Gasteiger partial charge is 0.342 e. The fourth-order valence-corrected chi connectivity index (χ4v) is 2.50. The first kappa shape index (κ1) is 14.0. The number of carbonyl (C=O) groups is 1. The highest BCUT2D eigenvalue weighted by atomic mass is 32.1. The van der Waals surface area contributed by atoms with Crippen molar-refractivity contribution in [3.63, 3.8) is 0 Å². The highest BCUT2D eigenvalue weighted by Gasteiger charge is 2.20. The van der Waals surface area contributed by atoms with E-state index in [0.717, 1.165) is 5.56 Å². The fourth-order valence-electron chi connectivity index (χ4n) is 1.84. The van der Waals surface area contributed by atoms with Crippen LogP contribution < -0.4 is 4.90 Å². The third-order valence-corrected chi connectivity index (χ3v) is 3.58. The van der Waals surface area contributed by atoms with Crippen LogP contribution >= 0.6 is 11.3 Å². The number of thiophene rings is 1. The summed E-state index contributed by atoms with van der Waals surface area (Å²) in [5.74, 6) is -1.30. The molecule has 0 radical (unpaired) electrons. The van der Waals surface area contributed by atoms with Crippen molar-refractivity contribution in [2.75, 3.05) is 11.9 Å². The van der Waals surface area contributed by atoms with E-state index in [0.29, 0.717) is 12.2 Å². The van der Waals surface area contributed by atoms with Crippen LogP contribution in [0.5, 0.6) is 0 Å². The minimum atomic E-state index is -1.30. The number of carboxylic acids is 1. The molecule has 1 N–H and O–H groups in total. The van der Waals surface area contributed by atoms with Gasteiger partial charge in [0.15, 0.2) is 0 Å². The molecule has 0 fully saturated rings. The topological polar surface area (TPSA) is 83.7 Å². The van der Waals surface area contributed by atoms with Gasteiger partial charge in [0.1, 0.15) is 5.56 Å². The van der Waals surface area contributed by atoms with Gasteiger partial charge in [-0.1, -0.05) is 0 Å². The summed E-state index contributed by atoms with van der Waals surface area (Å²) >= 11 is 1.58. The Kier molecular flexibility index (Phi) is 3.99. The molecule has 7 heteroatoms. The van der Waals surface area contributed by atoms with Crippen LogP contribution in [0.1, 0.15) is 15.9 Å². The zero-order valence-corrected chi connectivity index (χ0v) is 11.5. The Bertz CT molecular complexity index is 640. The molecule has 1 aromatic heterocycles. The monoisotopic (exact) mass is 292 g/mol. The van der Waals surface area contributed by atoms with Gasteiger partial charge in [0, 0.05) is 25.3 Å². The third kappa shape index (κ3) is 2.94. The minimum Gasteiger partial charge on any atom is -0.477 e. The van der Waals surface area contributed by atoms with E-state index in [2.05, 4.69) is 0 Å². The van der Waals surface area contributed by atoms with Gasteiger partial charge in [-0.25, -0.2) is 4.79 Å². The first-order chi connectivity index (χ1) is 9.49. The zero-order valence-electron chi connectivity index (χ0n) is 10.6. The van der Waals surface area contributed by atoms with Crippen molar-refractivity contribution in [1.82, 2.24) is 0 Å². The van der Waals surface area contributed by atoms with Gasteiger partial charge in [-0.15, -0.1) is 0 Å². The molecule has 2 rings (SSSR count). The molecule has 0 unspecified atom stereocenters. The molecule has 20 heavy (non-hydrogen) atoms. The van der Waals surface area contributed by atoms with Gasteiger partial charge in [-0.3, -0.25) is 10.1 Å². The summed E-state index contributed by atoms with van der Waals surface area (Å²) in [6.07, 6.45) is 0. The molecular weight excluding hydrogens is 280 g/mol. The van der Waals surface area contributed by atoms with Crippen molar-refractivity contribution in [2.24, 2.45) is 0 Å². The lowest BCUT2D eigenvalue weighted by Crippen LogP contribution is -2.16. The van der Waals surface area contributed by atoms with Crippen molar-refractivity contribution in [3.8, 4) is 0 Å². The lowest BCUT2D eigenvalue weighted by molar-refractivity contribution is -0.385. The van der Waals surface area contributed by atoms with E-state index in [1.54, 1.807) is 17.4 Å². The van der Waals surface area contributed by atoms with Crippen LogP contribution in [0.3, 0.4) is 0 Å². The zero-order chi connectivity index (χ0) is 14.7. The minimum absolute atomic E-state index is 0.301. The van der Waals surface area contributed by atoms with E-state index < -0.39 is 16.6 Å². The summed E-state index contributed by atoms with van der Waals surface area (Å²) in [6, 6.07) is 6.08. The van der Waals surface area contributed by atoms with Crippen LogP contribution in [0.4, 0.5) is 11.4 Å². The molecule has 0 aliphatic rings. The number of anilines is 1. The SMILES string of the molecule is CN(Cc1ccsc1)c1ccc([N+](=O)[O-])c(C(=O)O)c1. The van der Waals surface area contributed by atoms with Crippen molar-refractivity contribution < 1.29 is 14.8 Å². The number of carboxylic acid groups (broad SMARTS) is 1. The number of hydrogen-bond acceptors (Lipinski definition) is 5. The Hall–Kier alpha value is -2.41. The molecule has 2 aromatic rings. The number of nitro groups is 1. The molecule has 1 heterocycles. The second-order valence-electron chi connectivity index (χ2n) is 4.25. The Labute approximate surface area is 119 Å². The van der Waals surface area contributed by atoms with Crippen LogP contribution in [0.15, 0.2) is 35.0 Å². The Balaban J connectivity index is 2.31. The van der Waals surface area contributed by atoms with E-state index in [1.807, 2.05) is 28.8 Å². The van der Waals surface area contributed by atoms with Crippen LogP contribution in [0.25, 0.3) is 0 Å². The summed E-state index contributed by atoms with van der Waals surface area (Å²) in [4.78, 5) is 23.0. The molecule has 1 aromatic carbocycles. The van der Waals surface area contributed by atoms with E-state index in [4.69, 9.17) is 5.11 Å². The maximum atomic E-state index is 11.1. The summed E-state index contributed by atoms with van der Waals surface area (Å²) in [7, 11) is 1.81. The van der Waals surface area contributed by atoms with Crippen molar-refractivity contribution in [1.29, 1.82) is 0 Å². The van der Waals surface area contributed by atoms with E-state index in [-0.39, 0.29) is 5.56 Å². The largest absolute Gasteiger partial charge is 0.477 e. The number of rotatable bonds is 5. The average Bonchev–Trinajstić information content (AvgIpc) is 2.90. The van der Waals surface area contributed by atoms with Crippen molar-refractivity contribution >= 4 is 28.7 Å². The summed E-state index contributed by atoms with van der Waals surface area (Å²) < 4.78 is 0. The molecule has 0 bridgehead atoms. The Morgan fingerprint density at radius 3 is 2.75 bits per heavy atom.